The first-order valence-corrected chi connectivity index (χ1v) is 5.72. The van der Waals surface area contributed by atoms with E-state index in [0.29, 0.717) is 5.15 Å². The molecule has 5 heteroatoms. The lowest BCUT2D eigenvalue weighted by atomic mass is 10.2. The van der Waals surface area contributed by atoms with Crippen molar-refractivity contribution >= 4 is 23.2 Å². The minimum Gasteiger partial charge on any atom is -0.323 e. The quantitative estimate of drug-likeness (QED) is 0.773. The molecule has 2 N–H and O–H groups in total. The second-order valence-electron chi connectivity index (χ2n) is 3.91. The maximum atomic E-state index is 11.8. The molecule has 1 fully saturated rings. The number of hydrogen-bond acceptors (Lipinski definition) is 3. The Morgan fingerprint density at radius 2 is 2.44 bits per heavy atom. The number of carbonyl (C=O) groups is 1. The van der Waals surface area contributed by atoms with Crippen LogP contribution in [0.3, 0.4) is 0 Å². The van der Waals surface area contributed by atoms with E-state index in [4.69, 9.17) is 11.6 Å². The van der Waals surface area contributed by atoms with Gasteiger partial charge in [-0.3, -0.25) is 4.79 Å². The number of carbonyl (C=O) groups excluding carboxylic acids is 1. The normalized spacial score (nSPS) is 19.8. The fourth-order valence-corrected chi connectivity index (χ4v) is 1.98. The van der Waals surface area contributed by atoms with E-state index in [9.17, 15) is 4.79 Å². The Hall–Kier alpha value is -1.13. The number of halogens is 1. The fourth-order valence-electron chi connectivity index (χ4n) is 1.79. The highest BCUT2D eigenvalue weighted by Gasteiger charge is 2.22. The van der Waals surface area contributed by atoms with Crippen molar-refractivity contribution in [2.24, 2.45) is 0 Å². The van der Waals surface area contributed by atoms with E-state index < -0.39 is 0 Å². The lowest BCUT2D eigenvalue weighted by Gasteiger charge is -2.12. The van der Waals surface area contributed by atoms with Crippen LogP contribution >= 0.6 is 11.6 Å². The second-order valence-corrected chi connectivity index (χ2v) is 4.29. The van der Waals surface area contributed by atoms with E-state index in [2.05, 4.69) is 15.6 Å². The van der Waals surface area contributed by atoms with Gasteiger partial charge in [-0.15, -0.1) is 0 Å². The Kier molecular flexibility index (Phi) is 3.41. The van der Waals surface area contributed by atoms with Crippen LogP contribution in [-0.2, 0) is 4.79 Å². The zero-order valence-corrected chi connectivity index (χ0v) is 9.84. The molecule has 1 aliphatic heterocycles. The summed E-state index contributed by atoms with van der Waals surface area (Å²) in [5, 5.41) is 6.45. The minimum absolute atomic E-state index is 0.00437. The second kappa shape index (κ2) is 4.80. The van der Waals surface area contributed by atoms with E-state index in [1.807, 2.05) is 6.92 Å². The lowest BCUT2D eigenvalue weighted by molar-refractivity contribution is -0.117. The molecule has 1 saturated heterocycles. The first-order chi connectivity index (χ1) is 7.66. The molecular formula is C11H14ClN3O. The highest BCUT2D eigenvalue weighted by Crippen LogP contribution is 2.16. The maximum Gasteiger partial charge on any atom is 0.241 e. The summed E-state index contributed by atoms with van der Waals surface area (Å²) in [5.74, 6) is 0.00437. The molecule has 0 spiro atoms. The average Bonchev–Trinajstić information content (AvgIpc) is 2.75. The molecule has 2 heterocycles. The summed E-state index contributed by atoms with van der Waals surface area (Å²) in [6.45, 7) is 2.74. The van der Waals surface area contributed by atoms with Crippen molar-refractivity contribution in [2.75, 3.05) is 11.9 Å². The summed E-state index contributed by atoms with van der Waals surface area (Å²) < 4.78 is 0. The monoisotopic (exact) mass is 239 g/mol. The molecule has 1 amide bonds. The van der Waals surface area contributed by atoms with Crippen molar-refractivity contribution in [2.45, 2.75) is 25.8 Å². The Morgan fingerprint density at radius 3 is 3.06 bits per heavy atom. The standard InChI is InChI=1S/C11H14ClN3O/c1-7-8(4-5-10(12)14-7)15-11(16)9-3-2-6-13-9/h4-5,9,13H,2-3,6H2,1H3,(H,15,16)/t9-/m1/s1. The molecule has 1 aromatic heterocycles. The van der Waals surface area contributed by atoms with Crippen LogP contribution in [0.25, 0.3) is 0 Å². The zero-order valence-electron chi connectivity index (χ0n) is 9.09. The van der Waals surface area contributed by atoms with Crippen molar-refractivity contribution in [3.63, 3.8) is 0 Å². The molecule has 1 aliphatic rings. The largest absolute Gasteiger partial charge is 0.323 e. The van der Waals surface area contributed by atoms with Gasteiger partial charge in [-0.25, -0.2) is 4.98 Å². The van der Waals surface area contributed by atoms with Crippen LogP contribution < -0.4 is 10.6 Å². The van der Waals surface area contributed by atoms with Gasteiger partial charge >= 0.3 is 0 Å². The molecule has 4 nitrogen and oxygen atoms in total. The Morgan fingerprint density at radius 1 is 1.62 bits per heavy atom. The molecule has 0 aromatic carbocycles. The van der Waals surface area contributed by atoms with Gasteiger partial charge in [-0.05, 0) is 38.4 Å². The van der Waals surface area contributed by atoms with Gasteiger partial charge in [-0.1, -0.05) is 11.6 Å². The average molecular weight is 240 g/mol. The molecule has 0 aliphatic carbocycles. The number of amides is 1. The molecule has 1 aromatic rings. The summed E-state index contributed by atoms with van der Waals surface area (Å²) in [7, 11) is 0. The number of nitrogens with zero attached hydrogens (tertiary/aromatic N) is 1. The van der Waals surface area contributed by atoms with Gasteiger partial charge in [0, 0.05) is 0 Å². The topological polar surface area (TPSA) is 54.0 Å². The maximum absolute atomic E-state index is 11.8. The van der Waals surface area contributed by atoms with Gasteiger partial charge in [0.1, 0.15) is 5.15 Å². The highest BCUT2D eigenvalue weighted by atomic mass is 35.5. The first-order valence-electron chi connectivity index (χ1n) is 5.34. The molecule has 1 atom stereocenters. The van der Waals surface area contributed by atoms with Gasteiger partial charge in [0.15, 0.2) is 0 Å². The number of pyridine rings is 1. The predicted molar refractivity (Wildman–Crippen MR) is 63.6 cm³/mol. The Bertz CT molecular complexity index is 402. The molecule has 0 bridgehead atoms. The summed E-state index contributed by atoms with van der Waals surface area (Å²) in [6, 6.07) is 3.37. The number of aryl methyl sites for hydroxylation is 1. The number of aromatic nitrogens is 1. The van der Waals surface area contributed by atoms with Crippen molar-refractivity contribution in [3.05, 3.63) is 23.0 Å². The van der Waals surface area contributed by atoms with Crippen molar-refractivity contribution in [1.82, 2.24) is 10.3 Å². The van der Waals surface area contributed by atoms with E-state index in [-0.39, 0.29) is 11.9 Å². The third-order valence-corrected chi connectivity index (χ3v) is 2.90. The Balaban J connectivity index is 2.05. The third-order valence-electron chi connectivity index (χ3n) is 2.69. The molecule has 86 valence electrons. The van der Waals surface area contributed by atoms with Crippen LogP contribution in [0.1, 0.15) is 18.5 Å². The molecule has 16 heavy (non-hydrogen) atoms. The number of rotatable bonds is 2. The van der Waals surface area contributed by atoms with Crippen LogP contribution in [0, 0.1) is 6.92 Å². The SMILES string of the molecule is Cc1nc(Cl)ccc1NC(=O)[C@H]1CCCN1. The summed E-state index contributed by atoms with van der Waals surface area (Å²) in [5.41, 5.74) is 1.46. The summed E-state index contributed by atoms with van der Waals surface area (Å²) in [4.78, 5) is 15.9. The molecular weight excluding hydrogens is 226 g/mol. The number of hydrogen-bond donors (Lipinski definition) is 2. The summed E-state index contributed by atoms with van der Waals surface area (Å²) in [6.07, 6.45) is 1.95. The molecule has 2 rings (SSSR count). The van der Waals surface area contributed by atoms with Crippen LogP contribution in [-0.4, -0.2) is 23.5 Å². The zero-order chi connectivity index (χ0) is 11.5. The van der Waals surface area contributed by atoms with Crippen LogP contribution in [0.5, 0.6) is 0 Å². The molecule has 0 saturated carbocycles. The lowest BCUT2D eigenvalue weighted by Crippen LogP contribution is -2.35. The highest BCUT2D eigenvalue weighted by molar-refractivity contribution is 6.29. The first kappa shape index (κ1) is 11.4. The number of nitrogens with one attached hydrogen (secondary N) is 2. The van der Waals surface area contributed by atoms with Gasteiger partial charge in [0.25, 0.3) is 0 Å². The fraction of sp³-hybridized carbons (Fsp3) is 0.455. The van der Waals surface area contributed by atoms with Crippen molar-refractivity contribution in [3.8, 4) is 0 Å². The smallest absolute Gasteiger partial charge is 0.241 e. The predicted octanol–water partition coefficient (Wildman–Crippen LogP) is 1.73. The van der Waals surface area contributed by atoms with E-state index in [1.165, 1.54) is 0 Å². The van der Waals surface area contributed by atoms with Crippen molar-refractivity contribution < 1.29 is 4.79 Å². The van der Waals surface area contributed by atoms with Gasteiger partial charge in [0.05, 0.1) is 17.4 Å². The van der Waals surface area contributed by atoms with Crippen LogP contribution in [0.15, 0.2) is 12.1 Å². The van der Waals surface area contributed by atoms with E-state index in [0.717, 1.165) is 30.8 Å². The van der Waals surface area contributed by atoms with Gasteiger partial charge < -0.3 is 10.6 Å². The molecule has 0 radical (unpaired) electrons. The van der Waals surface area contributed by atoms with Gasteiger partial charge in [-0.2, -0.15) is 0 Å². The molecule has 0 unspecified atom stereocenters. The Labute approximate surface area is 99.4 Å². The van der Waals surface area contributed by atoms with Crippen LogP contribution in [0.4, 0.5) is 5.69 Å². The van der Waals surface area contributed by atoms with Crippen LogP contribution in [0.2, 0.25) is 5.15 Å². The van der Waals surface area contributed by atoms with Crippen molar-refractivity contribution in [1.29, 1.82) is 0 Å². The van der Waals surface area contributed by atoms with E-state index >= 15 is 0 Å². The minimum atomic E-state index is -0.0740. The van der Waals surface area contributed by atoms with E-state index in [1.54, 1.807) is 12.1 Å². The number of anilines is 1. The summed E-state index contributed by atoms with van der Waals surface area (Å²) >= 11 is 5.74. The van der Waals surface area contributed by atoms with Gasteiger partial charge in [0.2, 0.25) is 5.91 Å². The third kappa shape index (κ3) is 2.51.